The largest absolute Gasteiger partial charge is 0.393 e. The summed E-state index contributed by atoms with van der Waals surface area (Å²) in [7, 11) is 0. The van der Waals surface area contributed by atoms with Crippen molar-refractivity contribution in [3.05, 3.63) is 59.3 Å². The van der Waals surface area contributed by atoms with Crippen molar-refractivity contribution in [1.29, 1.82) is 0 Å². The Balaban J connectivity index is 0.000000395. The van der Waals surface area contributed by atoms with Gasteiger partial charge in [0.2, 0.25) is 0 Å². The summed E-state index contributed by atoms with van der Waals surface area (Å²) in [5.41, 5.74) is 7.10. The average molecular weight is 544 g/mol. The summed E-state index contributed by atoms with van der Waals surface area (Å²) in [6.07, 6.45) is -0.278. The van der Waals surface area contributed by atoms with E-state index in [-0.39, 0.29) is 32.3 Å². The minimum absolute atomic E-state index is 0. The van der Waals surface area contributed by atoms with Crippen LogP contribution in [0.5, 0.6) is 0 Å². The van der Waals surface area contributed by atoms with Crippen LogP contribution in [0, 0.1) is 26.8 Å². The topological polar surface area (TPSA) is 66.2 Å². The summed E-state index contributed by atoms with van der Waals surface area (Å²) in [6.45, 7) is 9.47. The second-order valence-corrected chi connectivity index (χ2v) is 6.83. The van der Waals surface area contributed by atoms with Crippen LogP contribution in [0.4, 0.5) is 0 Å². The molecule has 4 nitrogen and oxygen atoms in total. The Kier molecular flexibility index (Phi) is 9.20. The van der Waals surface area contributed by atoms with E-state index < -0.39 is 0 Å². The van der Waals surface area contributed by atoms with Gasteiger partial charge >= 0.3 is 0 Å². The first-order chi connectivity index (χ1) is 12.3. The van der Waals surface area contributed by atoms with Crippen LogP contribution >= 0.6 is 0 Å². The Labute approximate surface area is 175 Å². The number of fused-ring (bicyclic) bond motifs is 1. The van der Waals surface area contributed by atoms with Crippen molar-refractivity contribution >= 4 is 11.0 Å². The Morgan fingerprint density at radius 1 is 0.926 bits per heavy atom. The SMILES string of the molecule is CC(O)CC(C)O.Cc1[c-]c(-c2nc3ccccc3nc2C)cc(C)c1.[Ir]. The van der Waals surface area contributed by atoms with E-state index in [0.29, 0.717) is 6.42 Å². The van der Waals surface area contributed by atoms with E-state index in [1.165, 1.54) is 5.56 Å². The molecule has 1 aromatic heterocycles. The summed E-state index contributed by atoms with van der Waals surface area (Å²) in [4.78, 5) is 9.36. The van der Waals surface area contributed by atoms with Gasteiger partial charge in [-0.05, 0) is 39.3 Å². The fourth-order valence-corrected chi connectivity index (χ4v) is 2.86. The number of para-hydroxylation sites is 2. The van der Waals surface area contributed by atoms with Crippen molar-refractivity contribution < 1.29 is 30.3 Å². The molecule has 0 aliphatic carbocycles. The molecule has 2 aromatic carbocycles. The molecule has 2 atom stereocenters. The van der Waals surface area contributed by atoms with Crippen LogP contribution in [0.25, 0.3) is 22.3 Å². The van der Waals surface area contributed by atoms with Gasteiger partial charge in [0.05, 0.1) is 23.2 Å². The number of hydrogen-bond acceptors (Lipinski definition) is 4. The van der Waals surface area contributed by atoms with Crippen molar-refractivity contribution in [3.63, 3.8) is 0 Å². The van der Waals surface area contributed by atoms with Crippen molar-refractivity contribution in [2.24, 2.45) is 0 Å². The van der Waals surface area contributed by atoms with Gasteiger partial charge in [-0.3, -0.25) is 9.97 Å². The van der Waals surface area contributed by atoms with E-state index in [4.69, 9.17) is 15.2 Å². The molecule has 0 bridgehead atoms. The zero-order chi connectivity index (χ0) is 19.3. The first-order valence-electron chi connectivity index (χ1n) is 8.86. The first kappa shape index (κ1) is 23.4. The number of benzene rings is 2. The van der Waals surface area contributed by atoms with E-state index >= 15 is 0 Å². The molecule has 0 aliphatic heterocycles. The molecule has 0 saturated carbocycles. The fourth-order valence-electron chi connectivity index (χ4n) is 2.86. The third kappa shape index (κ3) is 7.11. The molecule has 2 N–H and O–H groups in total. The molecule has 27 heavy (non-hydrogen) atoms. The number of aromatic nitrogens is 2. The van der Waals surface area contributed by atoms with Crippen molar-refractivity contribution in [2.75, 3.05) is 0 Å². The second-order valence-electron chi connectivity index (χ2n) is 6.83. The van der Waals surface area contributed by atoms with E-state index in [2.05, 4.69) is 37.0 Å². The number of aryl methyl sites for hydroxylation is 3. The van der Waals surface area contributed by atoms with E-state index in [0.717, 1.165) is 33.5 Å². The van der Waals surface area contributed by atoms with Gasteiger partial charge in [0.15, 0.2) is 0 Å². The maximum Gasteiger partial charge on any atom is 0.0870 e. The van der Waals surface area contributed by atoms with Gasteiger partial charge < -0.3 is 10.2 Å². The van der Waals surface area contributed by atoms with E-state index in [1.807, 2.05) is 31.2 Å². The van der Waals surface area contributed by atoms with Crippen LogP contribution in [-0.4, -0.2) is 32.4 Å². The van der Waals surface area contributed by atoms with Crippen LogP contribution in [-0.2, 0) is 20.1 Å². The minimum Gasteiger partial charge on any atom is -0.393 e. The van der Waals surface area contributed by atoms with Crippen LogP contribution in [0.15, 0.2) is 36.4 Å². The Bertz CT molecular complexity index is 853. The number of rotatable bonds is 3. The molecule has 0 saturated heterocycles. The Morgan fingerprint density at radius 2 is 1.48 bits per heavy atom. The molecule has 0 spiro atoms. The molecule has 147 valence electrons. The van der Waals surface area contributed by atoms with Gasteiger partial charge in [0, 0.05) is 31.5 Å². The van der Waals surface area contributed by atoms with E-state index in [1.54, 1.807) is 13.8 Å². The van der Waals surface area contributed by atoms with Crippen LogP contribution in [0.1, 0.15) is 37.1 Å². The monoisotopic (exact) mass is 544 g/mol. The smallest absolute Gasteiger partial charge is 0.0870 e. The maximum atomic E-state index is 8.56. The third-order valence-electron chi connectivity index (χ3n) is 3.83. The van der Waals surface area contributed by atoms with Gasteiger partial charge in [-0.2, -0.15) is 0 Å². The van der Waals surface area contributed by atoms with Crippen molar-refractivity contribution in [2.45, 2.75) is 53.2 Å². The fraction of sp³-hybridized carbons (Fsp3) is 0.364. The molecule has 5 heteroatoms. The predicted octanol–water partition coefficient (Wildman–Crippen LogP) is 4.16. The molecule has 0 amide bonds. The molecule has 1 radical (unpaired) electrons. The number of aliphatic hydroxyl groups excluding tert-OH is 2. The molecule has 1 heterocycles. The molecule has 0 fully saturated rings. The van der Waals surface area contributed by atoms with Crippen LogP contribution in [0.3, 0.4) is 0 Å². The Morgan fingerprint density at radius 3 is 1.96 bits per heavy atom. The van der Waals surface area contributed by atoms with Gasteiger partial charge in [0.25, 0.3) is 0 Å². The average Bonchev–Trinajstić information content (AvgIpc) is 2.52. The first-order valence-corrected chi connectivity index (χ1v) is 8.86. The minimum atomic E-state index is -0.375. The Hall–Kier alpha value is -1.65. The number of nitrogens with zero attached hydrogens (tertiary/aromatic N) is 2. The summed E-state index contributed by atoms with van der Waals surface area (Å²) >= 11 is 0. The number of hydrogen-bond donors (Lipinski definition) is 2. The molecule has 3 aromatic rings. The summed E-state index contributed by atoms with van der Waals surface area (Å²) in [5, 5.41) is 17.1. The zero-order valence-electron chi connectivity index (χ0n) is 16.4. The van der Waals surface area contributed by atoms with Crippen molar-refractivity contribution in [3.8, 4) is 11.3 Å². The maximum absolute atomic E-state index is 8.56. The summed E-state index contributed by atoms with van der Waals surface area (Å²) < 4.78 is 0. The van der Waals surface area contributed by atoms with Gasteiger partial charge in [-0.25, -0.2) is 0 Å². The van der Waals surface area contributed by atoms with Crippen molar-refractivity contribution in [1.82, 2.24) is 9.97 Å². The molecular weight excluding hydrogens is 516 g/mol. The standard InChI is InChI=1S/C17H15N2.C5H12O2.Ir/c1-11-8-12(2)10-14(9-11)17-13(3)18-15-6-4-5-7-16(15)19-17;1-4(6)3-5(2)7;/h4-9H,1-3H3;4-7H,3H2,1-2H3;/q-1;;. The molecular formula is C22H27IrN2O2-. The molecule has 2 unspecified atom stereocenters. The van der Waals surface area contributed by atoms with Gasteiger partial charge in [-0.15, -0.1) is 34.9 Å². The molecule has 0 aliphatic rings. The van der Waals surface area contributed by atoms with Gasteiger partial charge in [-0.1, -0.05) is 26.0 Å². The molecule has 3 rings (SSSR count). The quantitative estimate of drug-likeness (QED) is 0.487. The zero-order valence-corrected chi connectivity index (χ0v) is 18.8. The number of aliphatic hydroxyl groups is 2. The van der Waals surface area contributed by atoms with Crippen LogP contribution < -0.4 is 0 Å². The van der Waals surface area contributed by atoms with Crippen LogP contribution in [0.2, 0.25) is 0 Å². The van der Waals surface area contributed by atoms with E-state index in [9.17, 15) is 0 Å². The third-order valence-corrected chi connectivity index (χ3v) is 3.83. The summed E-state index contributed by atoms with van der Waals surface area (Å²) in [6, 6.07) is 15.6. The van der Waals surface area contributed by atoms with Gasteiger partial charge in [0.1, 0.15) is 0 Å². The predicted molar refractivity (Wildman–Crippen MR) is 106 cm³/mol. The summed E-state index contributed by atoms with van der Waals surface area (Å²) in [5.74, 6) is 0. The normalized spacial score (nSPS) is 12.6. The second kappa shape index (κ2) is 10.6.